The van der Waals surface area contributed by atoms with Crippen molar-refractivity contribution in [1.82, 2.24) is 4.90 Å². The van der Waals surface area contributed by atoms with Gasteiger partial charge in [0.15, 0.2) is 5.76 Å². The van der Waals surface area contributed by atoms with Crippen LogP contribution in [-0.2, 0) is 11.3 Å². The molecule has 0 bridgehead atoms. The lowest BCUT2D eigenvalue weighted by molar-refractivity contribution is -0.130. The van der Waals surface area contributed by atoms with E-state index in [2.05, 4.69) is 0 Å². The van der Waals surface area contributed by atoms with Gasteiger partial charge in [-0.2, -0.15) is 0 Å². The molecule has 1 heterocycles. The maximum atomic E-state index is 13.0. The molecular formula is C24H19Cl2NO2. The molecule has 1 atom stereocenters. The lowest BCUT2D eigenvalue weighted by atomic mass is 9.93. The van der Waals surface area contributed by atoms with Crippen molar-refractivity contribution in [1.29, 1.82) is 0 Å². The van der Waals surface area contributed by atoms with Crippen LogP contribution in [-0.4, -0.2) is 15.9 Å². The lowest BCUT2D eigenvalue weighted by Gasteiger charge is -2.27. The summed E-state index contributed by atoms with van der Waals surface area (Å²) in [4.78, 5) is 14.7. The third-order valence-electron chi connectivity index (χ3n) is 5.12. The summed E-state index contributed by atoms with van der Waals surface area (Å²) in [6.07, 6.45) is 0. The van der Waals surface area contributed by atoms with Gasteiger partial charge >= 0.3 is 0 Å². The highest BCUT2D eigenvalue weighted by Gasteiger charge is 2.40. The van der Waals surface area contributed by atoms with Crippen LogP contribution in [0.1, 0.15) is 28.3 Å². The molecule has 0 radical (unpaired) electrons. The normalized spacial score (nSPS) is 16.6. The molecule has 146 valence electrons. The molecular weight excluding hydrogens is 405 g/mol. The quantitative estimate of drug-likeness (QED) is 0.530. The van der Waals surface area contributed by atoms with Gasteiger partial charge in [-0.1, -0.05) is 77.3 Å². The van der Waals surface area contributed by atoms with E-state index < -0.39 is 11.9 Å². The van der Waals surface area contributed by atoms with Crippen molar-refractivity contribution in [2.24, 2.45) is 0 Å². The molecule has 3 nitrogen and oxygen atoms in total. The zero-order valence-corrected chi connectivity index (χ0v) is 17.3. The molecule has 0 saturated heterocycles. The summed E-state index contributed by atoms with van der Waals surface area (Å²) in [6, 6.07) is 22.1. The minimum absolute atomic E-state index is 0.220. The van der Waals surface area contributed by atoms with Crippen LogP contribution >= 0.6 is 23.2 Å². The Balaban J connectivity index is 1.80. The summed E-state index contributed by atoms with van der Waals surface area (Å²) in [5, 5.41) is 12.1. The lowest BCUT2D eigenvalue weighted by Crippen LogP contribution is -2.29. The number of carbonyl (C=O) groups is 1. The van der Waals surface area contributed by atoms with E-state index in [1.807, 2.05) is 55.5 Å². The first-order valence-electron chi connectivity index (χ1n) is 9.25. The van der Waals surface area contributed by atoms with Crippen LogP contribution in [0.5, 0.6) is 0 Å². The van der Waals surface area contributed by atoms with Gasteiger partial charge in [0.2, 0.25) is 0 Å². The Kier molecular flexibility index (Phi) is 5.35. The Morgan fingerprint density at radius 3 is 2.00 bits per heavy atom. The molecule has 0 aliphatic carbocycles. The number of aryl methyl sites for hydroxylation is 1. The van der Waals surface area contributed by atoms with Gasteiger partial charge in [-0.25, -0.2) is 0 Å². The first kappa shape index (κ1) is 19.6. The minimum Gasteiger partial charge on any atom is -0.503 e. The topological polar surface area (TPSA) is 40.5 Å². The van der Waals surface area contributed by atoms with E-state index in [-0.39, 0.29) is 5.76 Å². The highest BCUT2D eigenvalue weighted by Crippen LogP contribution is 2.44. The molecule has 3 aromatic carbocycles. The summed E-state index contributed by atoms with van der Waals surface area (Å²) < 4.78 is 0. The van der Waals surface area contributed by atoms with Gasteiger partial charge in [0.25, 0.3) is 5.91 Å². The summed E-state index contributed by atoms with van der Waals surface area (Å²) in [7, 11) is 0. The highest BCUT2D eigenvalue weighted by molar-refractivity contribution is 6.30. The monoisotopic (exact) mass is 423 g/mol. The van der Waals surface area contributed by atoms with Crippen LogP contribution in [0.4, 0.5) is 0 Å². The van der Waals surface area contributed by atoms with Crippen molar-refractivity contribution >= 4 is 34.7 Å². The van der Waals surface area contributed by atoms with Crippen LogP contribution in [0.2, 0.25) is 10.0 Å². The molecule has 1 aliphatic rings. The number of rotatable bonds is 4. The van der Waals surface area contributed by atoms with Crippen molar-refractivity contribution in [2.75, 3.05) is 0 Å². The van der Waals surface area contributed by atoms with Crippen LogP contribution < -0.4 is 0 Å². The SMILES string of the molecule is Cc1ccc(C2=C(O)C(=O)N(Cc3ccc(Cl)cc3)[C@H]2c2ccc(Cl)cc2)cc1. The molecule has 0 fully saturated rings. The number of aliphatic hydroxyl groups excluding tert-OH is 1. The Morgan fingerprint density at radius 1 is 0.862 bits per heavy atom. The molecule has 1 amide bonds. The minimum atomic E-state index is -0.418. The smallest absolute Gasteiger partial charge is 0.290 e. The molecule has 5 heteroatoms. The molecule has 0 aromatic heterocycles. The van der Waals surface area contributed by atoms with Gasteiger partial charge in [-0.15, -0.1) is 0 Å². The molecule has 0 saturated carbocycles. The third kappa shape index (κ3) is 3.89. The van der Waals surface area contributed by atoms with Crippen molar-refractivity contribution in [2.45, 2.75) is 19.5 Å². The fourth-order valence-electron chi connectivity index (χ4n) is 3.62. The fourth-order valence-corrected chi connectivity index (χ4v) is 3.87. The number of hydrogen-bond donors (Lipinski definition) is 1. The van der Waals surface area contributed by atoms with E-state index in [4.69, 9.17) is 23.2 Å². The van der Waals surface area contributed by atoms with Crippen LogP contribution in [0, 0.1) is 6.92 Å². The Bertz CT molecular complexity index is 1070. The predicted octanol–water partition coefficient (Wildman–Crippen LogP) is 6.35. The molecule has 29 heavy (non-hydrogen) atoms. The van der Waals surface area contributed by atoms with Crippen LogP contribution in [0.3, 0.4) is 0 Å². The fraction of sp³-hybridized carbons (Fsp3) is 0.125. The first-order valence-corrected chi connectivity index (χ1v) is 10.0. The number of carbonyl (C=O) groups excluding carboxylic acids is 1. The van der Waals surface area contributed by atoms with E-state index in [0.29, 0.717) is 22.2 Å². The second kappa shape index (κ2) is 7.94. The van der Waals surface area contributed by atoms with Gasteiger partial charge in [0.1, 0.15) is 0 Å². The van der Waals surface area contributed by atoms with Gasteiger partial charge < -0.3 is 10.0 Å². The maximum absolute atomic E-state index is 13.0. The van der Waals surface area contributed by atoms with Gasteiger partial charge in [0, 0.05) is 22.2 Å². The molecule has 4 rings (SSSR count). The highest BCUT2D eigenvalue weighted by atomic mass is 35.5. The summed E-state index contributed by atoms with van der Waals surface area (Å²) in [5.74, 6) is -0.613. The van der Waals surface area contributed by atoms with E-state index in [1.165, 1.54) is 0 Å². The van der Waals surface area contributed by atoms with Gasteiger partial charge in [0.05, 0.1) is 6.04 Å². The van der Waals surface area contributed by atoms with Gasteiger partial charge in [-0.3, -0.25) is 4.79 Å². The third-order valence-corrected chi connectivity index (χ3v) is 5.62. The predicted molar refractivity (Wildman–Crippen MR) is 117 cm³/mol. The number of aliphatic hydroxyl groups is 1. The molecule has 3 aromatic rings. The Labute approximate surface area is 179 Å². The second-order valence-corrected chi connectivity index (χ2v) is 8.01. The van der Waals surface area contributed by atoms with Crippen LogP contribution in [0.25, 0.3) is 5.57 Å². The molecule has 0 unspecified atom stereocenters. The Morgan fingerprint density at radius 2 is 1.41 bits per heavy atom. The standard InChI is InChI=1S/C24H19Cl2NO2/c1-15-2-6-17(7-3-15)21-22(18-8-12-20(26)13-9-18)27(24(29)23(21)28)14-16-4-10-19(25)11-5-16/h2-13,22,28H,14H2,1H3/t22-/m0/s1. The van der Waals surface area contributed by atoms with E-state index in [0.717, 1.165) is 22.3 Å². The molecule has 1 N–H and O–H groups in total. The molecule has 0 spiro atoms. The number of amides is 1. The van der Waals surface area contributed by atoms with Crippen molar-refractivity contribution in [3.05, 3.63) is 111 Å². The van der Waals surface area contributed by atoms with Crippen LogP contribution in [0.15, 0.2) is 78.6 Å². The Hall–Kier alpha value is -2.75. The number of nitrogens with zero attached hydrogens (tertiary/aromatic N) is 1. The number of halogens is 2. The zero-order chi connectivity index (χ0) is 20.5. The zero-order valence-electron chi connectivity index (χ0n) is 15.8. The summed E-state index contributed by atoms with van der Waals surface area (Å²) in [6.45, 7) is 2.35. The summed E-state index contributed by atoms with van der Waals surface area (Å²) >= 11 is 12.1. The maximum Gasteiger partial charge on any atom is 0.290 e. The number of hydrogen-bond acceptors (Lipinski definition) is 2. The van der Waals surface area contributed by atoms with Crippen molar-refractivity contribution in [3.63, 3.8) is 0 Å². The molecule has 1 aliphatic heterocycles. The van der Waals surface area contributed by atoms with Gasteiger partial charge in [-0.05, 0) is 47.9 Å². The second-order valence-electron chi connectivity index (χ2n) is 7.14. The average molecular weight is 424 g/mol. The van der Waals surface area contributed by atoms with E-state index in [1.54, 1.807) is 29.2 Å². The number of benzene rings is 3. The van der Waals surface area contributed by atoms with Crippen molar-refractivity contribution in [3.8, 4) is 0 Å². The van der Waals surface area contributed by atoms with Crippen molar-refractivity contribution < 1.29 is 9.90 Å². The largest absolute Gasteiger partial charge is 0.503 e. The summed E-state index contributed by atoms with van der Waals surface area (Å²) in [5.41, 5.74) is 4.35. The van der Waals surface area contributed by atoms with E-state index >= 15 is 0 Å². The van der Waals surface area contributed by atoms with E-state index in [9.17, 15) is 9.90 Å². The first-order chi connectivity index (χ1) is 13.9. The average Bonchev–Trinajstić information content (AvgIpc) is 2.96.